The smallest absolute Gasteiger partial charge is 0.0647 e. The van der Waals surface area contributed by atoms with Gasteiger partial charge in [-0.2, -0.15) is 0 Å². The highest BCUT2D eigenvalue weighted by Gasteiger charge is 2.16. The third-order valence-corrected chi connectivity index (χ3v) is 2.54. The molecule has 2 rings (SSSR count). The second-order valence-electron chi connectivity index (χ2n) is 3.61. The molecular weight excluding hydrogens is 170 g/mol. The first-order valence-electron chi connectivity index (χ1n) is 4.74. The first kappa shape index (κ1) is 8.95. The van der Waals surface area contributed by atoms with Crippen LogP contribution in [0.15, 0.2) is 53.1 Å². The molecule has 0 aliphatic heterocycles. The summed E-state index contributed by atoms with van der Waals surface area (Å²) < 4.78 is 0. The Bertz CT molecular complexity index is 436. The highest BCUT2D eigenvalue weighted by molar-refractivity contribution is 6.12. The molecule has 1 nitrogen and oxygen atoms in total. The van der Waals surface area contributed by atoms with Crippen molar-refractivity contribution in [2.75, 3.05) is 0 Å². The minimum atomic E-state index is 0.633. The molecule has 0 saturated carbocycles. The highest BCUT2D eigenvalue weighted by atomic mass is 14.4. The van der Waals surface area contributed by atoms with Gasteiger partial charge < -0.3 is 0 Å². The van der Waals surface area contributed by atoms with Gasteiger partial charge in [-0.05, 0) is 36.1 Å². The maximum atomic E-state index is 8.00. The second kappa shape index (κ2) is 3.26. The molecule has 1 N–H and O–H groups in total. The number of hydrogen-bond acceptors (Lipinski definition) is 1. The number of hydrogen-bond donors (Lipinski definition) is 1. The minimum absolute atomic E-state index is 0.633. The molecule has 1 aromatic rings. The fourth-order valence-electron chi connectivity index (χ4n) is 1.54. The van der Waals surface area contributed by atoms with Gasteiger partial charge in [-0.25, -0.2) is 0 Å². The Hall–Kier alpha value is -1.63. The van der Waals surface area contributed by atoms with E-state index >= 15 is 0 Å². The first-order chi connectivity index (χ1) is 6.70. The molecule has 70 valence electrons. The maximum absolute atomic E-state index is 8.00. The summed E-state index contributed by atoms with van der Waals surface area (Å²) in [4.78, 5) is 0. The Morgan fingerprint density at radius 1 is 1.14 bits per heavy atom. The lowest BCUT2D eigenvalue weighted by molar-refractivity contribution is 1.41. The van der Waals surface area contributed by atoms with E-state index in [9.17, 15) is 0 Å². The van der Waals surface area contributed by atoms with Gasteiger partial charge in [-0.1, -0.05) is 36.4 Å². The zero-order valence-corrected chi connectivity index (χ0v) is 8.46. The summed E-state index contributed by atoms with van der Waals surface area (Å²) in [6.45, 7) is 4.09. The number of allylic oxidation sites excluding steroid dienone is 4. The molecular formula is C13H13N. The molecule has 1 aromatic carbocycles. The van der Waals surface area contributed by atoms with Crippen molar-refractivity contribution in [3.8, 4) is 0 Å². The van der Waals surface area contributed by atoms with Gasteiger partial charge in [0.2, 0.25) is 0 Å². The monoisotopic (exact) mass is 183 g/mol. The van der Waals surface area contributed by atoms with E-state index in [1.807, 2.05) is 37.3 Å². The van der Waals surface area contributed by atoms with E-state index < -0.39 is 0 Å². The van der Waals surface area contributed by atoms with Gasteiger partial charge in [0.25, 0.3) is 0 Å². The molecule has 0 fully saturated rings. The lowest BCUT2D eigenvalue weighted by Gasteiger charge is -2.03. The van der Waals surface area contributed by atoms with Gasteiger partial charge in [0.15, 0.2) is 0 Å². The molecule has 0 bridgehead atoms. The van der Waals surface area contributed by atoms with Crippen LogP contribution < -0.4 is 0 Å². The molecule has 0 unspecified atom stereocenters. The van der Waals surface area contributed by atoms with Crippen LogP contribution in [0, 0.1) is 5.41 Å². The standard InChI is InChI=1S/C13H13N/c1-9-8-12(9)10(2)13(14)11-6-4-3-5-7-11/h3-8,14H,1-2H3/b12-10+,14-13?. The summed E-state index contributed by atoms with van der Waals surface area (Å²) in [5.74, 6) is 0. The Kier molecular flexibility index (Phi) is 2.08. The zero-order chi connectivity index (χ0) is 10.1. The number of benzene rings is 1. The maximum Gasteiger partial charge on any atom is 0.0647 e. The van der Waals surface area contributed by atoms with Crippen molar-refractivity contribution in [2.45, 2.75) is 13.8 Å². The van der Waals surface area contributed by atoms with Crippen molar-refractivity contribution < 1.29 is 0 Å². The lowest BCUT2D eigenvalue weighted by atomic mass is 10.0. The quantitative estimate of drug-likeness (QED) is 0.680. The van der Waals surface area contributed by atoms with Crippen LogP contribution >= 0.6 is 0 Å². The molecule has 0 saturated heterocycles. The van der Waals surface area contributed by atoms with Gasteiger partial charge >= 0.3 is 0 Å². The predicted octanol–water partition coefficient (Wildman–Crippen LogP) is 3.33. The summed E-state index contributed by atoms with van der Waals surface area (Å²) in [5, 5.41) is 8.00. The fraction of sp³-hybridized carbons (Fsp3) is 0.154. The highest BCUT2D eigenvalue weighted by Crippen LogP contribution is 2.31. The molecule has 1 aliphatic rings. The Balaban J connectivity index is 2.27. The Morgan fingerprint density at radius 2 is 1.71 bits per heavy atom. The van der Waals surface area contributed by atoms with Crippen molar-refractivity contribution >= 4 is 5.71 Å². The summed E-state index contributed by atoms with van der Waals surface area (Å²) >= 11 is 0. The zero-order valence-electron chi connectivity index (χ0n) is 8.46. The molecule has 0 radical (unpaired) electrons. The van der Waals surface area contributed by atoms with Crippen molar-refractivity contribution in [3.63, 3.8) is 0 Å². The average Bonchev–Trinajstić information content (AvgIpc) is 2.95. The molecule has 0 spiro atoms. The van der Waals surface area contributed by atoms with E-state index in [-0.39, 0.29) is 0 Å². The third kappa shape index (κ3) is 1.53. The van der Waals surface area contributed by atoms with Crippen LogP contribution in [0.4, 0.5) is 0 Å². The molecule has 14 heavy (non-hydrogen) atoms. The summed E-state index contributed by atoms with van der Waals surface area (Å²) in [6, 6.07) is 9.86. The summed E-state index contributed by atoms with van der Waals surface area (Å²) in [6.07, 6.45) is 2.12. The largest absolute Gasteiger partial charge is 0.300 e. The van der Waals surface area contributed by atoms with Gasteiger partial charge in [0, 0.05) is 0 Å². The van der Waals surface area contributed by atoms with Crippen molar-refractivity contribution in [1.82, 2.24) is 0 Å². The second-order valence-corrected chi connectivity index (χ2v) is 3.61. The van der Waals surface area contributed by atoms with Gasteiger partial charge in [0.05, 0.1) is 5.71 Å². The lowest BCUT2D eigenvalue weighted by Crippen LogP contribution is -2.00. The Labute approximate surface area is 84.3 Å². The minimum Gasteiger partial charge on any atom is -0.300 e. The van der Waals surface area contributed by atoms with Crippen LogP contribution in [-0.2, 0) is 0 Å². The van der Waals surface area contributed by atoms with Crippen LogP contribution in [0.3, 0.4) is 0 Å². The molecule has 0 amide bonds. The molecule has 1 aliphatic carbocycles. The Morgan fingerprint density at radius 3 is 2.21 bits per heavy atom. The van der Waals surface area contributed by atoms with Crippen molar-refractivity contribution in [1.29, 1.82) is 5.41 Å². The fourth-order valence-corrected chi connectivity index (χ4v) is 1.54. The average molecular weight is 183 g/mol. The summed E-state index contributed by atoms with van der Waals surface area (Å²) in [5.41, 5.74) is 5.26. The SMILES string of the molecule is CC1=CC/1=C(/C)C(=N)c1ccccc1. The van der Waals surface area contributed by atoms with Crippen LogP contribution in [0.1, 0.15) is 19.4 Å². The molecule has 1 heteroatoms. The van der Waals surface area contributed by atoms with E-state index in [4.69, 9.17) is 5.41 Å². The van der Waals surface area contributed by atoms with Crippen molar-refractivity contribution in [2.24, 2.45) is 0 Å². The van der Waals surface area contributed by atoms with E-state index in [0.717, 1.165) is 11.1 Å². The van der Waals surface area contributed by atoms with Gasteiger partial charge in [-0.15, -0.1) is 0 Å². The number of nitrogens with one attached hydrogen (secondary N) is 1. The molecule has 0 heterocycles. The van der Waals surface area contributed by atoms with Crippen LogP contribution in [0.5, 0.6) is 0 Å². The van der Waals surface area contributed by atoms with E-state index in [0.29, 0.717) is 5.71 Å². The van der Waals surface area contributed by atoms with E-state index in [1.165, 1.54) is 11.1 Å². The van der Waals surface area contributed by atoms with E-state index in [1.54, 1.807) is 0 Å². The van der Waals surface area contributed by atoms with Gasteiger partial charge in [-0.3, -0.25) is 5.41 Å². The predicted molar refractivity (Wildman–Crippen MR) is 59.7 cm³/mol. The van der Waals surface area contributed by atoms with Crippen molar-refractivity contribution in [3.05, 3.63) is 58.7 Å². The van der Waals surface area contributed by atoms with Crippen LogP contribution in [-0.4, -0.2) is 5.71 Å². The number of rotatable bonds is 2. The van der Waals surface area contributed by atoms with Crippen LogP contribution in [0.2, 0.25) is 0 Å². The first-order valence-corrected chi connectivity index (χ1v) is 4.74. The van der Waals surface area contributed by atoms with Crippen LogP contribution in [0.25, 0.3) is 0 Å². The topological polar surface area (TPSA) is 23.9 Å². The molecule has 0 aromatic heterocycles. The third-order valence-electron chi connectivity index (χ3n) is 2.54. The van der Waals surface area contributed by atoms with E-state index in [2.05, 4.69) is 13.0 Å². The normalized spacial score (nSPS) is 17.4. The molecule has 0 atom stereocenters. The summed E-state index contributed by atoms with van der Waals surface area (Å²) in [7, 11) is 0. The van der Waals surface area contributed by atoms with Gasteiger partial charge in [0.1, 0.15) is 0 Å².